The van der Waals surface area contributed by atoms with Crippen molar-refractivity contribution in [2.75, 3.05) is 19.7 Å². The van der Waals surface area contributed by atoms with E-state index in [1.165, 1.54) is 12.8 Å². The van der Waals surface area contributed by atoms with Crippen molar-refractivity contribution in [3.63, 3.8) is 0 Å². The van der Waals surface area contributed by atoms with Crippen LogP contribution in [0.4, 0.5) is 0 Å². The van der Waals surface area contributed by atoms with Gasteiger partial charge in [-0.1, -0.05) is 13.8 Å². The second-order valence-electron chi connectivity index (χ2n) is 7.43. The highest BCUT2D eigenvalue weighted by molar-refractivity contribution is 5.82. The second-order valence-corrected chi connectivity index (χ2v) is 7.43. The number of hydrogen-bond acceptors (Lipinski definition) is 3. The predicted molar refractivity (Wildman–Crippen MR) is 85.0 cm³/mol. The monoisotopic (exact) mass is 296 g/mol. The standard InChI is InChI=1S/C17H32N2O2/c1-12(2)10-16(18-13(3)15-4-5-15)17(21)19-8-6-14(11-20)7-9-19/h12-16,18,20H,4-11H2,1-3H3. The zero-order chi connectivity index (χ0) is 15.4. The third kappa shape index (κ3) is 4.96. The molecule has 4 heteroatoms. The van der Waals surface area contributed by atoms with E-state index in [0.29, 0.717) is 17.9 Å². The Labute approximate surface area is 129 Å². The SMILES string of the molecule is CC(C)CC(NC(C)C1CC1)C(=O)N1CCC(CO)CC1. The van der Waals surface area contributed by atoms with E-state index in [-0.39, 0.29) is 18.6 Å². The number of likely N-dealkylation sites (tertiary alicyclic amines) is 1. The summed E-state index contributed by atoms with van der Waals surface area (Å²) in [6.45, 7) is 8.45. The Hall–Kier alpha value is -0.610. The van der Waals surface area contributed by atoms with E-state index in [2.05, 4.69) is 26.1 Å². The number of nitrogens with one attached hydrogen (secondary N) is 1. The smallest absolute Gasteiger partial charge is 0.239 e. The molecule has 122 valence electrons. The summed E-state index contributed by atoms with van der Waals surface area (Å²) in [7, 11) is 0. The van der Waals surface area contributed by atoms with Gasteiger partial charge in [0.25, 0.3) is 0 Å². The summed E-state index contributed by atoms with van der Waals surface area (Å²) < 4.78 is 0. The summed E-state index contributed by atoms with van der Waals surface area (Å²) in [5.74, 6) is 1.95. The molecule has 1 amide bonds. The first-order chi connectivity index (χ1) is 10.0. The lowest BCUT2D eigenvalue weighted by atomic mass is 9.95. The molecular formula is C17H32N2O2. The van der Waals surface area contributed by atoms with Crippen LogP contribution >= 0.6 is 0 Å². The van der Waals surface area contributed by atoms with E-state index < -0.39 is 0 Å². The molecule has 0 spiro atoms. The van der Waals surface area contributed by atoms with E-state index in [4.69, 9.17) is 0 Å². The normalized spacial score (nSPS) is 23.4. The molecule has 2 aliphatic rings. The minimum absolute atomic E-state index is 0.0359. The van der Waals surface area contributed by atoms with Crippen LogP contribution in [0, 0.1) is 17.8 Å². The van der Waals surface area contributed by atoms with Crippen molar-refractivity contribution < 1.29 is 9.90 Å². The van der Waals surface area contributed by atoms with Gasteiger partial charge < -0.3 is 15.3 Å². The second kappa shape index (κ2) is 7.59. The van der Waals surface area contributed by atoms with Gasteiger partial charge in [0.1, 0.15) is 0 Å². The Balaban J connectivity index is 1.90. The summed E-state index contributed by atoms with van der Waals surface area (Å²) in [5.41, 5.74) is 0. The number of aliphatic hydroxyl groups is 1. The summed E-state index contributed by atoms with van der Waals surface area (Å²) in [6.07, 6.45) is 5.40. The molecule has 1 saturated carbocycles. The van der Waals surface area contributed by atoms with Crippen molar-refractivity contribution in [2.24, 2.45) is 17.8 Å². The molecular weight excluding hydrogens is 264 g/mol. The molecule has 2 unspecified atom stereocenters. The van der Waals surface area contributed by atoms with Gasteiger partial charge in [-0.15, -0.1) is 0 Å². The Morgan fingerprint density at radius 2 is 1.81 bits per heavy atom. The third-order valence-corrected chi connectivity index (χ3v) is 4.98. The average Bonchev–Trinajstić information content (AvgIpc) is 3.30. The van der Waals surface area contributed by atoms with Gasteiger partial charge in [0, 0.05) is 25.7 Å². The van der Waals surface area contributed by atoms with Gasteiger partial charge in [0.05, 0.1) is 6.04 Å². The Kier molecular flexibility index (Phi) is 6.06. The summed E-state index contributed by atoms with van der Waals surface area (Å²) in [6, 6.07) is 0.416. The first kappa shape index (κ1) is 16.8. The lowest BCUT2D eigenvalue weighted by Gasteiger charge is -2.35. The topological polar surface area (TPSA) is 52.6 Å². The van der Waals surface area contributed by atoms with Crippen LogP contribution in [-0.2, 0) is 4.79 Å². The van der Waals surface area contributed by atoms with Crippen molar-refractivity contribution in [1.29, 1.82) is 0 Å². The Bertz CT molecular complexity index is 334. The molecule has 0 aromatic rings. The van der Waals surface area contributed by atoms with Gasteiger partial charge in [0.15, 0.2) is 0 Å². The number of nitrogens with zero attached hydrogens (tertiary/aromatic N) is 1. The van der Waals surface area contributed by atoms with Crippen LogP contribution in [0.2, 0.25) is 0 Å². The van der Waals surface area contributed by atoms with Gasteiger partial charge in [0.2, 0.25) is 5.91 Å². The maximum atomic E-state index is 12.8. The average molecular weight is 296 g/mol. The number of rotatable bonds is 7. The molecule has 2 rings (SSSR count). The van der Waals surface area contributed by atoms with Crippen LogP contribution < -0.4 is 5.32 Å². The lowest BCUT2D eigenvalue weighted by molar-refractivity contribution is -0.135. The fourth-order valence-electron chi connectivity index (χ4n) is 3.32. The van der Waals surface area contributed by atoms with Crippen LogP contribution in [-0.4, -0.2) is 47.7 Å². The van der Waals surface area contributed by atoms with E-state index in [0.717, 1.165) is 38.3 Å². The number of piperidine rings is 1. The van der Waals surface area contributed by atoms with Crippen molar-refractivity contribution >= 4 is 5.91 Å². The highest BCUT2D eigenvalue weighted by Crippen LogP contribution is 2.33. The van der Waals surface area contributed by atoms with Gasteiger partial charge >= 0.3 is 0 Å². The number of amides is 1. The fourth-order valence-corrected chi connectivity index (χ4v) is 3.32. The molecule has 0 aromatic heterocycles. The van der Waals surface area contributed by atoms with E-state index >= 15 is 0 Å². The van der Waals surface area contributed by atoms with Crippen molar-refractivity contribution in [3.8, 4) is 0 Å². The highest BCUT2D eigenvalue weighted by Gasteiger charge is 2.33. The molecule has 0 bridgehead atoms. The quantitative estimate of drug-likeness (QED) is 0.756. The molecule has 2 fully saturated rings. The molecule has 2 atom stereocenters. The summed E-state index contributed by atoms with van der Waals surface area (Å²) >= 11 is 0. The fraction of sp³-hybridized carbons (Fsp3) is 0.941. The molecule has 4 nitrogen and oxygen atoms in total. The summed E-state index contributed by atoms with van der Waals surface area (Å²) in [5, 5.41) is 12.8. The largest absolute Gasteiger partial charge is 0.396 e. The number of carbonyl (C=O) groups is 1. The summed E-state index contributed by atoms with van der Waals surface area (Å²) in [4.78, 5) is 14.8. The van der Waals surface area contributed by atoms with Gasteiger partial charge in [-0.3, -0.25) is 4.79 Å². The third-order valence-electron chi connectivity index (χ3n) is 4.98. The zero-order valence-corrected chi connectivity index (χ0v) is 13.8. The van der Waals surface area contributed by atoms with Crippen LogP contribution in [0.5, 0.6) is 0 Å². The van der Waals surface area contributed by atoms with E-state index in [9.17, 15) is 9.90 Å². The molecule has 2 N–H and O–H groups in total. The number of carbonyl (C=O) groups excluding carboxylic acids is 1. The number of hydrogen-bond donors (Lipinski definition) is 2. The van der Waals surface area contributed by atoms with Gasteiger partial charge in [-0.05, 0) is 56.8 Å². The molecule has 1 aliphatic carbocycles. The van der Waals surface area contributed by atoms with Crippen molar-refractivity contribution in [3.05, 3.63) is 0 Å². The molecule has 21 heavy (non-hydrogen) atoms. The van der Waals surface area contributed by atoms with Crippen LogP contribution in [0.25, 0.3) is 0 Å². The first-order valence-corrected chi connectivity index (χ1v) is 8.67. The van der Waals surface area contributed by atoms with Crippen molar-refractivity contribution in [1.82, 2.24) is 10.2 Å². The molecule has 1 heterocycles. The van der Waals surface area contributed by atoms with E-state index in [1.807, 2.05) is 4.90 Å². The first-order valence-electron chi connectivity index (χ1n) is 8.67. The lowest BCUT2D eigenvalue weighted by Crippen LogP contribution is -2.52. The Morgan fingerprint density at radius 1 is 1.19 bits per heavy atom. The molecule has 1 aliphatic heterocycles. The zero-order valence-electron chi connectivity index (χ0n) is 13.8. The number of aliphatic hydroxyl groups excluding tert-OH is 1. The maximum absolute atomic E-state index is 12.8. The van der Waals surface area contributed by atoms with Crippen LogP contribution in [0.15, 0.2) is 0 Å². The molecule has 0 radical (unpaired) electrons. The van der Waals surface area contributed by atoms with E-state index in [1.54, 1.807) is 0 Å². The van der Waals surface area contributed by atoms with Crippen LogP contribution in [0.3, 0.4) is 0 Å². The molecule has 0 aromatic carbocycles. The van der Waals surface area contributed by atoms with Crippen molar-refractivity contribution in [2.45, 2.75) is 65.0 Å². The molecule has 1 saturated heterocycles. The highest BCUT2D eigenvalue weighted by atomic mass is 16.3. The minimum Gasteiger partial charge on any atom is -0.396 e. The minimum atomic E-state index is -0.0359. The van der Waals surface area contributed by atoms with Crippen LogP contribution in [0.1, 0.15) is 52.9 Å². The Morgan fingerprint density at radius 3 is 2.29 bits per heavy atom. The van der Waals surface area contributed by atoms with Gasteiger partial charge in [-0.25, -0.2) is 0 Å². The van der Waals surface area contributed by atoms with Gasteiger partial charge in [-0.2, -0.15) is 0 Å². The predicted octanol–water partition coefficient (Wildman–Crippen LogP) is 2.02. The maximum Gasteiger partial charge on any atom is 0.239 e.